The van der Waals surface area contributed by atoms with Crippen LogP contribution >= 0.6 is 0 Å². The fourth-order valence-corrected chi connectivity index (χ4v) is 3.19. The van der Waals surface area contributed by atoms with Crippen LogP contribution in [0.2, 0.25) is 0 Å². The van der Waals surface area contributed by atoms with Gasteiger partial charge in [0, 0.05) is 0 Å². The molecule has 6 fully saturated rings. The van der Waals surface area contributed by atoms with Gasteiger partial charge in [-0.1, -0.05) is 0 Å². The zero-order chi connectivity index (χ0) is 7.76. The minimum Gasteiger partial charge on any atom is -0.190 e. The van der Waals surface area contributed by atoms with Gasteiger partial charge in [0.1, 0.15) is 0 Å². The van der Waals surface area contributed by atoms with Crippen LogP contribution < -0.4 is 0 Å². The van der Waals surface area contributed by atoms with Gasteiger partial charge in [-0.2, -0.15) is 10.2 Å². The lowest BCUT2D eigenvalue weighted by Crippen LogP contribution is -2.57. The molecule has 64 valence electrons. The largest absolute Gasteiger partial charge is 0.190 e. The third-order valence-electron chi connectivity index (χ3n) is 4.59. The molecule has 0 amide bonds. The molecule has 0 radical (unpaired) electrons. The lowest BCUT2D eigenvalue weighted by atomic mass is 9.50. The van der Waals surface area contributed by atoms with E-state index in [0.717, 1.165) is 17.8 Å². The summed E-state index contributed by atoms with van der Waals surface area (Å²) < 4.78 is 0. The topological polar surface area (TPSA) is 24.7 Å². The van der Waals surface area contributed by atoms with Gasteiger partial charge in [-0.25, -0.2) is 0 Å². The fraction of sp³-hybridized carbons (Fsp3) is 1.00. The van der Waals surface area contributed by atoms with E-state index in [1.807, 2.05) is 0 Å². The molecule has 4 bridgehead atoms. The van der Waals surface area contributed by atoms with Crippen LogP contribution in [0.5, 0.6) is 0 Å². The molecule has 2 nitrogen and oxygen atoms in total. The molecule has 12 heavy (non-hydrogen) atoms. The molecule has 6 saturated carbocycles. The van der Waals surface area contributed by atoms with Crippen LogP contribution in [0, 0.1) is 17.8 Å². The first-order valence-corrected chi connectivity index (χ1v) is 5.27. The van der Waals surface area contributed by atoms with Gasteiger partial charge in [0.05, 0.1) is 11.6 Å². The van der Waals surface area contributed by atoms with Crippen molar-refractivity contribution >= 4 is 0 Å². The van der Waals surface area contributed by atoms with Crippen LogP contribution in [0.15, 0.2) is 10.2 Å². The minimum absolute atomic E-state index is 0.396. The van der Waals surface area contributed by atoms with Gasteiger partial charge in [0.2, 0.25) is 0 Å². The van der Waals surface area contributed by atoms with Crippen LogP contribution in [0.4, 0.5) is 0 Å². The Bertz CT molecular complexity index is 240. The van der Waals surface area contributed by atoms with Gasteiger partial charge in [-0.3, -0.25) is 0 Å². The first kappa shape index (κ1) is 6.11. The highest BCUT2D eigenvalue weighted by atomic mass is 15.2. The van der Waals surface area contributed by atoms with Crippen LogP contribution in [-0.2, 0) is 0 Å². The molecule has 0 aromatic heterocycles. The molecule has 0 aliphatic heterocycles. The summed E-state index contributed by atoms with van der Waals surface area (Å²) in [6, 6.07) is 0.680. The fourth-order valence-electron chi connectivity index (χ4n) is 3.19. The molecule has 0 aromatic rings. The average Bonchev–Trinajstić information content (AvgIpc) is 1.64. The zero-order valence-corrected chi connectivity index (χ0v) is 7.24. The Hall–Kier alpha value is -0.400. The molecule has 0 N–H and O–H groups in total. The Morgan fingerprint density at radius 3 is 2.00 bits per heavy atom. The molecule has 6 aliphatic carbocycles. The van der Waals surface area contributed by atoms with E-state index in [9.17, 15) is 0 Å². The Labute approximate surface area is 72.4 Å². The highest BCUT2D eigenvalue weighted by Gasteiger charge is 2.58. The highest BCUT2D eigenvalue weighted by molar-refractivity contribution is 5.14. The maximum atomic E-state index is 4.56. The van der Waals surface area contributed by atoms with Gasteiger partial charge < -0.3 is 0 Å². The molecule has 0 saturated heterocycles. The Kier molecular flexibility index (Phi) is 0.823. The average molecular weight is 162 g/mol. The molecule has 0 aromatic carbocycles. The van der Waals surface area contributed by atoms with Gasteiger partial charge in [0.25, 0.3) is 0 Å². The van der Waals surface area contributed by atoms with E-state index >= 15 is 0 Å². The SMILES string of the molecule is C1C2CC1C2N=NC12CC(C1)C2. The van der Waals surface area contributed by atoms with E-state index in [1.54, 1.807) is 0 Å². The summed E-state index contributed by atoms with van der Waals surface area (Å²) in [5.74, 6) is 2.94. The van der Waals surface area contributed by atoms with Crippen LogP contribution in [0.1, 0.15) is 32.1 Å². The molecule has 0 heterocycles. The second-order valence-corrected chi connectivity index (χ2v) is 5.40. The predicted octanol–water partition coefficient (Wildman–Crippen LogP) is 2.40. The zero-order valence-electron chi connectivity index (χ0n) is 7.24. The number of azo groups is 1. The maximum absolute atomic E-state index is 4.56. The molecule has 0 unspecified atom stereocenters. The van der Waals surface area contributed by atoms with E-state index in [4.69, 9.17) is 0 Å². The first-order valence-electron chi connectivity index (χ1n) is 5.27. The van der Waals surface area contributed by atoms with E-state index in [1.165, 1.54) is 32.1 Å². The number of nitrogens with zero attached hydrogens (tertiary/aromatic N) is 2. The van der Waals surface area contributed by atoms with Crippen molar-refractivity contribution in [2.75, 3.05) is 0 Å². The lowest BCUT2D eigenvalue weighted by molar-refractivity contribution is -0.0467. The molecule has 6 rings (SSSR count). The second-order valence-electron chi connectivity index (χ2n) is 5.40. The maximum Gasteiger partial charge on any atom is 0.0824 e. The first-order chi connectivity index (χ1) is 5.85. The van der Waals surface area contributed by atoms with Crippen LogP contribution in [0.25, 0.3) is 0 Å². The predicted molar refractivity (Wildman–Crippen MR) is 44.9 cm³/mol. The Balaban J connectivity index is 1.46. The van der Waals surface area contributed by atoms with Gasteiger partial charge in [-0.15, -0.1) is 0 Å². The molecule has 0 atom stereocenters. The van der Waals surface area contributed by atoms with Crippen molar-refractivity contribution in [1.29, 1.82) is 0 Å². The van der Waals surface area contributed by atoms with Crippen LogP contribution in [-0.4, -0.2) is 11.6 Å². The van der Waals surface area contributed by atoms with Crippen molar-refractivity contribution in [3.05, 3.63) is 0 Å². The lowest BCUT2D eigenvalue weighted by Gasteiger charge is -2.59. The van der Waals surface area contributed by atoms with Crippen molar-refractivity contribution in [3.8, 4) is 0 Å². The monoisotopic (exact) mass is 162 g/mol. The number of hydrogen-bond donors (Lipinski definition) is 0. The molecule has 2 heteroatoms. The normalized spacial score (nSPS) is 64.7. The summed E-state index contributed by atoms with van der Waals surface area (Å²) in [5.41, 5.74) is 0.396. The summed E-state index contributed by atoms with van der Waals surface area (Å²) in [6.45, 7) is 0. The van der Waals surface area contributed by atoms with Gasteiger partial charge >= 0.3 is 0 Å². The number of hydrogen-bond acceptors (Lipinski definition) is 2. The third kappa shape index (κ3) is 0.530. The van der Waals surface area contributed by atoms with Gasteiger partial charge in [-0.05, 0) is 49.9 Å². The molecule has 6 aliphatic rings. The van der Waals surface area contributed by atoms with E-state index in [0.29, 0.717) is 11.6 Å². The van der Waals surface area contributed by atoms with Crippen molar-refractivity contribution in [3.63, 3.8) is 0 Å². The van der Waals surface area contributed by atoms with Crippen molar-refractivity contribution in [2.45, 2.75) is 43.7 Å². The Morgan fingerprint density at radius 2 is 1.67 bits per heavy atom. The van der Waals surface area contributed by atoms with Crippen molar-refractivity contribution < 1.29 is 0 Å². The smallest absolute Gasteiger partial charge is 0.0824 e. The summed E-state index contributed by atoms with van der Waals surface area (Å²) in [6.07, 6.45) is 6.99. The Morgan fingerprint density at radius 1 is 1.00 bits per heavy atom. The quantitative estimate of drug-likeness (QED) is 0.557. The molecule has 0 spiro atoms. The second kappa shape index (κ2) is 1.61. The van der Waals surface area contributed by atoms with Crippen LogP contribution in [0.3, 0.4) is 0 Å². The standard InChI is InChI=1S/C10H14N2/c1-7-2-8(1)9(7)11-12-10-3-6(4-10)5-10/h6-9H,1-5H2. The highest BCUT2D eigenvalue weighted by Crippen LogP contribution is 2.61. The summed E-state index contributed by atoms with van der Waals surface area (Å²) in [5, 5.41) is 9.07. The van der Waals surface area contributed by atoms with E-state index in [2.05, 4.69) is 10.2 Å². The molecular weight excluding hydrogens is 148 g/mol. The van der Waals surface area contributed by atoms with Crippen molar-refractivity contribution in [1.82, 2.24) is 0 Å². The van der Waals surface area contributed by atoms with Gasteiger partial charge in [0.15, 0.2) is 0 Å². The summed E-state index contributed by atoms with van der Waals surface area (Å²) in [4.78, 5) is 0. The van der Waals surface area contributed by atoms with Crippen molar-refractivity contribution in [2.24, 2.45) is 28.0 Å². The summed E-state index contributed by atoms with van der Waals surface area (Å²) in [7, 11) is 0. The summed E-state index contributed by atoms with van der Waals surface area (Å²) >= 11 is 0. The third-order valence-corrected chi connectivity index (χ3v) is 4.59. The van der Waals surface area contributed by atoms with E-state index < -0.39 is 0 Å². The number of rotatable bonds is 2. The minimum atomic E-state index is 0.396. The van der Waals surface area contributed by atoms with E-state index in [-0.39, 0.29) is 0 Å². The molecular formula is C10H14N2.